The van der Waals surface area contributed by atoms with Crippen LogP contribution in [0.3, 0.4) is 0 Å². The van der Waals surface area contributed by atoms with E-state index < -0.39 is 0 Å². The lowest BCUT2D eigenvalue weighted by Gasteiger charge is -2.13. The summed E-state index contributed by atoms with van der Waals surface area (Å²) in [7, 11) is 0. The largest absolute Gasteiger partial charge is 0.398 e. The van der Waals surface area contributed by atoms with Crippen LogP contribution in [0.15, 0.2) is 6.07 Å². The van der Waals surface area contributed by atoms with Crippen molar-refractivity contribution in [1.29, 1.82) is 5.41 Å². The minimum absolute atomic E-state index is 0.0106. The molecule has 1 fully saturated rings. The highest BCUT2D eigenvalue weighted by Crippen LogP contribution is 2.46. The van der Waals surface area contributed by atoms with Crippen LogP contribution in [-0.2, 0) is 0 Å². The van der Waals surface area contributed by atoms with Crippen LogP contribution in [0.2, 0.25) is 5.02 Å². The SMILES string of the molecule is Cc1c(C(=N)Cl)c(N)cc(Cl)c1C1CC1. The van der Waals surface area contributed by atoms with E-state index in [9.17, 15) is 0 Å². The lowest BCUT2D eigenvalue weighted by Crippen LogP contribution is -2.04. The van der Waals surface area contributed by atoms with Crippen molar-refractivity contribution in [3.8, 4) is 0 Å². The smallest absolute Gasteiger partial charge is 0.130 e. The Kier molecular flexibility index (Phi) is 2.65. The molecule has 0 bridgehead atoms. The maximum Gasteiger partial charge on any atom is 0.130 e. The number of hydrogen-bond acceptors (Lipinski definition) is 2. The van der Waals surface area contributed by atoms with Crippen LogP contribution in [0.5, 0.6) is 0 Å². The van der Waals surface area contributed by atoms with Gasteiger partial charge in [-0.3, -0.25) is 5.41 Å². The van der Waals surface area contributed by atoms with Crippen molar-refractivity contribution in [2.24, 2.45) is 0 Å². The molecule has 1 saturated carbocycles. The van der Waals surface area contributed by atoms with Crippen molar-refractivity contribution in [1.82, 2.24) is 0 Å². The number of hydrogen-bond donors (Lipinski definition) is 2. The van der Waals surface area contributed by atoms with Gasteiger partial charge in [0.05, 0.1) is 0 Å². The molecule has 2 nitrogen and oxygen atoms in total. The van der Waals surface area contributed by atoms with Crippen molar-refractivity contribution in [3.63, 3.8) is 0 Å². The van der Waals surface area contributed by atoms with Gasteiger partial charge in [-0.1, -0.05) is 23.2 Å². The van der Waals surface area contributed by atoms with E-state index in [2.05, 4.69) is 0 Å². The maximum absolute atomic E-state index is 7.49. The second-order valence-corrected chi connectivity index (χ2v) is 4.73. The molecule has 0 aromatic heterocycles. The molecule has 0 saturated heterocycles. The molecular weight excluding hydrogens is 231 g/mol. The van der Waals surface area contributed by atoms with Gasteiger partial charge in [-0.25, -0.2) is 0 Å². The summed E-state index contributed by atoms with van der Waals surface area (Å²) < 4.78 is 0. The van der Waals surface area contributed by atoms with E-state index in [4.69, 9.17) is 34.3 Å². The average molecular weight is 243 g/mol. The van der Waals surface area contributed by atoms with E-state index in [0.29, 0.717) is 22.2 Å². The molecule has 0 spiro atoms. The molecule has 0 radical (unpaired) electrons. The summed E-state index contributed by atoms with van der Waals surface area (Å²) in [6, 6.07) is 1.70. The van der Waals surface area contributed by atoms with Crippen molar-refractivity contribution >= 4 is 34.1 Å². The maximum atomic E-state index is 7.49. The van der Waals surface area contributed by atoms with E-state index in [1.165, 1.54) is 12.8 Å². The molecule has 2 rings (SSSR count). The molecule has 80 valence electrons. The summed E-state index contributed by atoms with van der Waals surface area (Å²) in [6.07, 6.45) is 2.33. The predicted octanol–water partition coefficient (Wildman–Crippen LogP) is 3.67. The third-order valence-corrected chi connectivity index (χ3v) is 3.31. The highest BCUT2D eigenvalue weighted by atomic mass is 35.5. The van der Waals surface area contributed by atoms with Crippen LogP contribution in [0.4, 0.5) is 5.69 Å². The monoisotopic (exact) mass is 242 g/mol. The fourth-order valence-electron chi connectivity index (χ4n) is 1.98. The fourth-order valence-corrected chi connectivity index (χ4v) is 2.65. The summed E-state index contributed by atoms with van der Waals surface area (Å²) in [5, 5.41) is 8.18. The van der Waals surface area contributed by atoms with Gasteiger partial charge in [0.25, 0.3) is 0 Å². The van der Waals surface area contributed by atoms with Crippen molar-refractivity contribution in [3.05, 3.63) is 27.8 Å². The van der Waals surface area contributed by atoms with Gasteiger partial charge in [-0.2, -0.15) is 0 Å². The van der Waals surface area contributed by atoms with Crippen LogP contribution in [0.25, 0.3) is 0 Å². The summed E-state index contributed by atoms with van der Waals surface area (Å²) in [5.41, 5.74) is 9.00. The van der Waals surface area contributed by atoms with Gasteiger partial charge in [0.2, 0.25) is 0 Å². The molecule has 3 N–H and O–H groups in total. The van der Waals surface area contributed by atoms with Gasteiger partial charge in [0, 0.05) is 16.3 Å². The number of nitrogen functional groups attached to an aromatic ring is 1. The Hall–Kier alpha value is -0.730. The predicted molar refractivity (Wildman–Crippen MR) is 65.3 cm³/mol. The first kappa shape index (κ1) is 10.8. The summed E-state index contributed by atoms with van der Waals surface area (Å²) in [4.78, 5) is 0. The summed E-state index contributed by atoms with van der Waals surface area (Å²) in [6.45, 7) is 1.93. The Bertz CT molecular complexity index is 437. The van der Waals surface area contributed by atoms with E-state index in [-0.39, 0.29) is 5.17 Å². The van der Waals surface area contributed by atoms with Crippen LogP contribution in [0, 0.1) is 12.3 Å². The number of nitrogens with two attached hydrogens (primary N) is 1. The molecule has 1 aliphatic carbocycles. The number of benzene rings is 1. The highest BCUT2D eigenvalue weighted by molar-refractivity contribution is 6.69. The molecular formula is C11H12Cl2N2. The molecule has 0 aliphatic heterocycles. The molecule has 0 heterocycles. The zero-order chi connectivity index (χ0) is 11.2. The van der Waals surface area contributed by atoms with E-state index >= 15 is 0 Å². The van der Waals surface area contributed by atoms with Crippen LogP contribution in [-0.4, -0.2) is 5.17 Å². The average Bonchev–Trinajstić information content (AvgIpc) is 2.85. The van der Waals surface area contributed by atoms with Gasteiger partial charge in [0.1, 0.15) is 5.17 Å². The molecule has 1 aromatic carbocycles. The first-order valence-corrected chi connectivity index (χ1v) is 5.61. The van der Waals surface area contributed by atoms with Crippen molar-refractivity contribution in [2.45, 2.75) is 25.7 Å². The highest BCUT2D eigenvalue weighted by Gasteiger charge is 2.29. The van der Waals surface area contributed by atoms with Gasteiger partial charge in [-0.15, -0.1) is 0 Å². The van der Waals surface area contributed by atoms with E-state index in [0.717, 1.165) is 11.1 Å². The Labute approximate surface area is 98.9 Å². The molecule has 4 heteroatoms. The van der Waals surface area contributed by atoms with Crippen molar-refractivity contribution < 1.29 is 0 Å². The Morgan fingerprint density at radius 2 is 2.13 bits per heavy atom. The van der Waals surface area contributed by atoms with E-state index in [1.54, 1.807) is 6.07 Å². The second kappa shape index (κ2) is 3.69. The number of halogens is 2. The molecule has 1 aromatic rings. The fraction of sp³-hybridized carbons (Fsp3) is 0.364. The van der Waals surface area contributed by atoms with Gasteiger partial charge in [0.15, 0.2) is 0 Å². The molecule has 0 amide bonds. The third-order valence-electron chi connectivity index (χ3n) is 2.81. The Morgan fingerprint density at radius 3 is 2.60 bits per heavy atom. The first-order chi connectivity index (χ1) is 7.02. The summed E-state index contributed by atoms with van der Waals surface area (Å²) in [5.74, 6) is 0.535. The third kappa shape index (κ3) is 1.84. The van der Waals surface area contributed by atoms with Crippen LogP contribution in [0.1, 0.15) is 35.4 Å². The van der Waals surface area contributed by atoms with Crippen molar-refractivity contribution in [2.75, 3.05) is 5.73 Å². The quantitative estimate of drug-likeness (QED) is 0.604. The van der Waals surface area contributed by atoms with Crippen LogP contribution >= 0.6 is 23.2 Å². The minimum atomic E-state index is -0.0106. The van der Waals surface area contributed by atoms with Gasteiger partial charge < -0.3 is 5.73 Å². The summed E-state index contributed by atoms with van der Waals surface area (Å²) >= 11 is 11.9. The van der Waals surface area contributed by atoms with Crippen LogP contribution < -0.4 is 5.73 Å². The second-order valence-electron chi connectivity index (χ2n) is 3.95. The minimum Gasteiger partial charge on any atom is -0.398 e. The van der Waals surface area contributed by atoms with Gasteiger partial charge in [-0.05, 0) is 42.9 Å². The molecule has 0 unspecified atom stereocenters. The molecule has 1 aliphatic rings. The topological polar surface area (TPSA) is 49.9 Å². The zero-order valence-corrected chi connectivity index (χ0v) is 9.91. The first-order valence-electron chi connectivity index (χ1n) is 4.85. The number of anilines is 1. The molecule has 0 atom stereocenters. The standard InChI is InChI=1S/C11H12Cl2N2/c1-5-9(6-2-3-6)7(12)4-8(14)10(5)11(13)15/h4,6,15H,2-3,14H2,1H3. The Morgan fingerprint density at radius 1 is 1.53 bits per heavy atom. The lowest BCUT2D eigenvalue weighted by atomic mass is 9.98. The number of nitrogens with one attached hydrogen (secondary N) is 1. The Balaban J connectivity index is 2.65. The lowest BCUT2D eigenvalue weighted by molar-refractivity contribution is 1.10. The zero-order valence-electron chi connectivity index (χ0n) is 8.40. The van der Waals surface area contributed by atoms with E-state index in [1.807, 2.05) is 6.92 Å². The molecule has 15 heavy (non-hydrogen) atoms. The number of rotatable bonds is 2. The van der Waals surface area contributed by atoms with Gasteiger partial charge >= 0.3 is 0 Å². The normalized spacial score (nSPS) is 15.4.